The minimum atomic E-state index is -0.612. The third kappa shape index (κ3) is 1.59. The van der Waals surface area contributed by atoms with E-state index in [2.05, 4.69) is 4.98 Å². The number of rotatable bonds is 3. The molecule has 1 aliphatic carbocycles. The number of carbonyl (C=O) groups is 1. The third-order valence-corrected chi connectivity index (χ3v) is 3.24. The lowest BCUT2D eigenvalue weighted by atomic mass is 9.95. The van der Waals surface area contributed by atoms with Crippen molar-refractivity contribution < 1.29 is 9.53 Å². The second-order valence-corrected chi connectivity index (χ2v) is 4.10. The first-order valence-electron chi connectivity index (χ1n) is 5.27. The molecule has 0 amide bonds. The highest BCUT2D eigenvalue weighted by Gasteiger charge is 2.43. The molecule has 1 aliphatic rings. The second-order valence-electron chi connectivity index (χ2n) is 4.10. The van der Waals surface area contributed by atoms with E-state index in [0.717, 1.165) is 25.7 Å². The summed E-state index contributed by atoms with van der Waals surface area (Å²) in [5.41, 5.74) is -0.612. The first-order chi connectivity index (χ1) is 7.19. The van der Waals surface area contributed by atoms with E-state index in [1.54, 1.807) is 24.1 Å². The van der Waals surface area contributed by atoms with E-state index in [4.69, 9.17) is 4.74 Å². The number of Topliss-reactive ketones (excluding diaryl/α,β-unsaturated/α-hetero) is 1. The summed E-state index contributed by atoms with van der Waals surface area (Å²) in [6.45, 7) is 0. The van der Waals surface area contributed by atoms with E-state index in [1.165, 1.54) is 0 Å². The third-order valence-electron chi connectivity index (χ3n) is 3.24. The number of ether oxygens (including phenoxy) is 1. The minimum Gasteiger partial charge on any atom is -0.370 e. The zero-order valence-electron chi connectivity index (χ0n) is 9.19. The summed E-state index contributed by atoms with van der Waals surface area (Å²) < 4.78 is 7.19. The van der Waals surface area contributed by atoms with Gasteiger partial charge in [-0.05, 0) is 25.7 Å². The molecule has 0 N–H and O–H groups in total. The topological polar surface area (TPSA) is 44.1 Å². The van der Waals surface area contributed by atoms with E-state index in [0.29, 0.717) is 5.82 Å². The van der Waals surface area contributed by atoms with Crippen molar-refractivity contribution in [1.82, 2.24) is 9.55 Å². The van der Waals surface area contributed by atoms with E-state index < -0.39 is 5.60 Å². The molecule has 15 heavy (non-hydrogen) atoms. The Hall–Kier alpha value is -1.16. The number of methoxy groups -OCH3 is 1. The number of imidazole rings is 1. The van der Waals surface area contributed by atoms with Gasteiger partial charge in [0, 0.05) is 26.6 Å². The van der Waals surface area contributed by atoms with Gasteiger partial charge in [-0.15, -0.1) is 0 Å². The van der Waals surface area contributed by atoms with Crippen LogP contribution in [-0.2, 0) is 11.8 Å². The monoisotopic (exact) mass is 208 g/mol. The zero-order chi connectivity index (χ0) is 10.9. The van der Waals surface area contributed by atoms with Gasteiger partial charge in [0.1, 0.15) is 5.60 Å². The molecule has 1 aromatic heterocycles. The predicted octanol–water partition coefficient (Wildman–Crippen LogP) is 1.56. The Bertz CT molecular complexity index is 364. The van der Waals surface area contributed by atoms with Crippen LogP contribution in [0, 0.1) is 0 Å². The standard InChI is InChI=1S/C11H16N2O2/c1-13-8-7-12-10(13)9(14)11(15-2)5-3-4-6-11/h7-8H,3-6H2,1-2H3. The molecule has 2 rings (SSSR count). The van der Waals surface area contributed by atoms with Crippen molar-refractivity contribution >= 4 is 5.78 Å². The van der Waals surface area contributed by atoms with Crippen LogP contribution < -0.4 is 0 Å². The first kappa shape index (κ1) is 10.4. The Morgan fingerprint density at radius 3 is 2.67 bits per heavy atom. The fourth-order valence-electron chi connectivity index (χ4n) is 2.26. The fourth-order valence-corrected chi connectivity index (χ4v) is 2.26. The SMILES string of the molecule is COC1(C(=O)c2nccn2C)CCCC1. The summed E-state index contributed by atoms with van der Waals surface area (Å²) in [4.78, 5) is 16.4. The molecule has 4 heteroatoms. The Morgan fingerprint density at radius 1 is 1.53 bits per heavy atom. The van der Waals surface area contributed by atoms with Gasteiger partial charge in [-0.25, -0.2) is 4.98 Å². The van der Waals surface area contributed by atoms with Crippen LogP contribution >= 0.6 is 0 Å². The van der Waals surface area contributed by atoms with Gasteiger partial charge in [-0.2, -0.15) is 0 Å². The summed E-state index contributed by atoms with van der Waals surface area (Å²) in [7, 11) is 3.45. The normalized spacial score (nSPS) is 19.3. The maximum atomic E-state index is 12.3. The smallest absolute Gasteiger partial charge is 0.229 e. The van der Waals surface area contributed by atoms with Crippen LogP contribution in [0.25, 0.3) is 0 Å². The van der Waals surface area contributed by atoms with Crippen LogP contribution in [0.5, 0.6) is 0 Å². The second kappa shape index (κ2) is 3.77. The molecule has 0 spiro atoms. The highest BCUT2D eigenvalue weighted by Crippen LogP contribution is 2.35. The molecule has 0 aromatic carbocycles. The van der Waals surface area contributed by atoms with Crippen molar-refractivity contribution in [2.45, 2.75) is 31.3 Å². The molecule has 1 aromatic rings. The molecule has 1 fully saturated rings. The molecule has 0 aliphatic heterocycles. The lowest BCUT2D eigenvalue weighted by Crippen LogP contribution is -2.39. The average Bonchev–Trinajstić information content (AvgIpc) is 2.86. The van der Waals surface area contributed by atoms with Gasteiger partial charge in [0.15, 0.2) is 5.82 Å². The molecular formula is C11H16N2O2. The molecule has 0 saturated heterocycles. The van der Waals surface area contributed by atoms with Crippen molar-refractivity contribution in [1.29, 1.82) is 0 Å². The van der Waals surface area contributed by atoms with Gasteiger partial charge in [-0.1, -0.05) is 0 Å². The Labute approximate surface area is 89.3 Å². The van der Waals surface area contributed by atoms with Crippen molar-refractivity contribution in [3.8, 4) is 0 Å². The van der Waals surface area contributed by atoms with Crippen LogP contribution in [0.1, 0.15) is 36.3 Å². The minimum absolute atomic E-state index is 0.0231. The van der Waals surface area contributed by atoms with Crippen molar-refractivity contribution in [3.63, 3.8) is 0 Å². The molecule has 0 radical (unpaired) electrons. The van der Waals surface area contributed by atoms with Crippen LogP contribution in [0.15, 0.2) is 12.4 Å². The van der Waals surface area contributed by atoms with Gasteiger partial charge in [0.25, 0.3) is 0 Å². The number of hydrogen-bond donors (Lipinski definition) is 0. The maximum Gasteiger partial charge on any atom is 0.229 e. The highest BCUT2D eigenvalue weighted by molar-refractivity contribution is 6.00. The van der Waals surface area contributed by atoms with Gasteiger partial charge in [0.05, 0.1) is 0 Å². The van der Waals surface area contributed by atoms with E-state index in [9.17, 15) is 4.79 Å². The molecule has 0 atom stereocenters. The maximum absolute atomic E-state index is 12.3. The predicted molar refractivity (Wildman–Crippen MR) is 55.7 cm³/mol. The highest BCUT2D eigenvalue weighted by atomic mass is 16.5. The number of aromatic nitrogens is 2. The summed E-state index contributed by atoms with van der Waals surface area (Å²) in [5, 5.41) is 0. The Balaban J connectivity index is 2.30. The van der Waals surface area contributed by atoms with E-state index in [-0.39, 0.29) is 5.78 Å². The summed E-state index contributed by atoms with van der Waals surface area (Å²) >= 11 is 0. The molecule has 0 unspecified atom stereocenters. The molecule has 82 valence electrons. The number of hydrogen-bond acceptors (Lipinski definition) is 3. The van der Waals surface area contributed by atoms with Crippen molar-refractivity contribution in [2.75, 3.05) is 7.11 Å². The summed E-state index contributed by atoms with van der Waals surface area (Å²) in [6.07, 6.45) is 7.18. The summed E-state index contributed by atoms with van der Waals surface area (Å²) in [6, 6.07) is 0. The quantitative estimate of drug-likeness (QED) is 0.708. The number of nitrogens with zero attached hydrogens (tertiary/aromatic N) is 2. The fraction of sp³-hybridized carbons (Fsp3) is 0.636. The van der Waals surface area contributed by atoms with Gasteiger partial charge < -0.3 is 9.30 Å². The number of carbonyl (C=O) groups excluding carboxylic acids is 1. The van der Waals surface area contributed by atoms with E-state index in [1.807, 2.05) is 7.05 Å². The van der Waals surface area contributed by atoms with Crippen LogP contribution in [0.2, 0.25) is 0 Å². The van der Waals surface area contributed by atoms with Crippen LogP contribution in [0.4, 0.5) is 0 Å². The Morgan fingerprint density at radius 2 is 2.20 bits per heavy atom. The molecular weight excluding hydrogens is 192 g/mol. The zero-order valence-corrected chi connectivity index (χ0v) is 9.19. The molecule has 1 saturated carbocycles. The van der Waals surface area contributed by atoms with Crippen molar-refractivity contribution in [3.05, 3.63) is 18.2 Å². The molecule has 1 heterocycles. The molecule has 0 bridgehead atoms. The van der Waals surface area contributed by atoms with Crippen LogP contribution in [0.3, 0.4) is 0 Å². The van der Waals surface area contributed by atoms with Crippen LogP contribution in [-0.4, -0.2) is 28.0 Å². The molecule has 4 nitrogen and oxygen atoms in total. The Kier molecular flexibility index (Phi) is 2.61. The lowest BCUT2D eigenvalue weighted by Gasteiger charge is -2.24. The van der Waals surface area contributed by atoms with Crippen molar-refractivity contribution in [2.24, 2.45) is 7.05 Å². The van der Waals surface area contributed by atoms with Gasteiger partial charge >= 0.3 is 0 Å². The van der Waals surface area contributed by atoms with Gasteiger partial charge in [0.2, 0.25) is 5.78 Å². The number of aryl methyl sites for hydroxylation is 1. The average molecular weight is 208 g/mol. The van der Waals surface area contributed by atoms with E-state index >= 15 is 0 Å². The number of ketones is 1. The van der Waals surface area contributed by atoms with Gasteiger partial charge in [-0.3, -0.25) is 4.79 Å². The largest absolute Gasteiger partial charge is 0.370 e. The lowest BCUT2D eigenvalue weighted by molar-refractivity contribution is 0.00488. The summed E-state index contributed by atoms with van der Waals surface area (Å²) in [5.74, 6) is 0.522. The first-order valence-corrected chi connectivity index (χ1v) is 5.27.